The summed E-state index contributed by atoms with van der Waals surface area (Å²) in [6.07, 6.45) is 3.70. The fourth-order valence-corrected chi connectivity index (χ4v) is 7.20. The summed E-state index contributed by atoms with van der Waals surface area (Å²) >= 11 is 0. The maximum atomic E-state index is 13.2. The number of carbonyl (C=O) groups excluding carboxylic acids is 1. The zero-order valence-electron chi connectivity index (χ0n) is 23.9. The highest BCUT2D eigenvalue weighted by molar-refractivity contribution is 5.99. The quantitative estimate of drug-likeness (QED) is 0.386. The van der Waals surface area contributed by atoms with Crippen molar-refractivity contribution in [3.8, 4) is 5.75 Å². The van der Waals surface area contributed by atoms with Gasteiger partial charge in [0.1, 0.15) is 17.5 Å². The highest BCUT2D eigenvalue weighted by Gasteiger charge is 2.59. The van der Waals surface area contributed by atoms with Gasteiger partial charge in [0.25, 0.3) is 0 Å². The molecule has 6 nitrogen and oxygen atoms in total. The summed E-state index contributed by atoms with van der Waals surface area (Å²) in [6, 6.07) is 20.7. The number of anilines is 1. The molecule has 0 radical (unpaired) electrons. The molecule has 0 bridgehead atoms. The molecule has 39 heavy (non-hydrogen) atoms. The number of para-hydroxylation sites is 1. The molecule has 3 aromatic rings. The molecule has 1 N–H and O–H groups in total. The third kappa shape index (κ3) is 4.29. The van der Waals surface area contributed by atoms with Crippen molar-refractivity contribution in [2.24, 2.45) is 4.99 Å². The van der Waals surface area contributed by atoms with Crippen LogP contribution in [0.3, 0.4) is 0 Å². The number of hydrogen-bond acceptors (Lipinski definition) is 6. The van der Waals surface area contributed by atoms with E-state index in [0.717, 1.165) is 40.7 Å². The summed E-state index contributed by atoms with van der Waals surface area (Å²) in [5, 5.41) is 5.86. The minimum atomic E-state index is -0.870. The Morgan fingerprint density at radius 2 is 1.67 bits per heavy atom. The zero-order valence-corrected chi connectivity index (χ0v) is 23.9. The van der Waals surface area contributed by atoms with Crippen LogP contribution in [0.5, 0.6) is 5.75 Å². The lowest BCUT2D eigenvalue weighted by molar-refractivity contribution is -0.153. The van der Waals surface area contributed by atoms with E-state index < -0.39 is 11.1 Å². The van der Waals surface area contributed by atoms with Gasteiger partial charge in [-0.3, -0.25) is 9.79 Å². The molecular weight excluding hydrogens is 486 g/mol. The molecular formula is C33H39N3O3. The van der Waals surface area contributed by atoms with Gasteiger partial charge in [-0.05, 0) is 64.6 Å². The van der Waals surface area contributed by atoms with Crippen LogP contribution in [0.25, 0.3) is 10.8 Å². The van der Waals surface area contributed by atoms with E-state index >= 15 is 0 Å². The van der Waals surface area contributed by atoms with Gasteiger partial charge in [-0.1, -0.05) is 48.5 Å². The Morgan fingerprint density at radius 1 is 0.974 bits per heavy atom. The molecule has 3 aromatic carbocycles. The summed E-state index contributed by atoms with van der Waals surface area (Å²) in [5.74, 6) is 0.578. The van der Waals surface area contributed by atoms with Gasteiger partial charge in [0.2, 0.25) is 5.72 Å². The van der Waals surface area contributed by atoms with Crippen LogP contribution < -0.4 is 15.0 Å². The summed E-state index contributed by atoms with van der Waals surface area (Å²) < 4.78 is 13.0. The molecule has 0 aromatic heterocycles. The molecule has 204 valence electrons. The number of rotatable bonds is 4. The van der Waals surface area contributed by atoms with E-state index in [4.69, 9.17) is 14.5 Å². The van der Waals surface area contributed by atoms with Gasteiger partial charge in [-0.2, -0.15) is 0 Å². The highest BCUT2D eigenvalue weighted by Crippen LogP contribution is 2.54. The number of nitrogens with one attached hydrogen (secondary N) is 1. The number of benzene rings is 3. The van der Waals surface area contributed by atoms with Crippen molar-refractivity contribution in [1.82, 2.24) is 5.32 Å². The number of hydrogen-bond donors (Lipinski definition) is 1. The van der Waals surface area contributed by atoms with Crippen molar-refractivity contribution in [2.45, 2.75) is 89.1 Å². The zero-order chi connectivity index (χ0) is 27.6. The van der Waals surface area contributed by atoms with E-state index in [-0.39, 0.29) is 29.6 Å². The van der Waals surface area contributed by atoms with Crippen LogP contribution in [0.1, 0.15) is 66.4 Å². The first-order valence-corrected chi connectivity index (χ1v) is 14.0. The van der Waals surface area contributed by atoms with E-state index in [1.54, 1.807) is 0 Å². The molecule has 6 heteroatoms. The summed E-state index contributed by atoms with van der Waals surface area (Å²) in [4.78, 5) is 20.5. The smallest absolute Gasteiger partial charge is 0.307 e. The molecule has 0 saturated carbocycles. The van der Waals surface area contributed by atoms with Crippen LogP contribution in [0.15, 0.2) is 65.7 Å². The normalized spacial score (nSPS) is 24.3. The SMILES string of the molecule is CC1(C)CC(OC(=O)CCN2c3ccccc3C(C)(C)C23C=Nc2c(ccc4ccccc24)O3)CC(C)(C)N1. The monoisotopic (exact) mass is 525 g/mol. The van der Waals surface area contributed by atoms with E-state index in [1.165, 1.54) is 5.56 Å². The third-order valence-electron chi connectivity index (χ3n) is 8.65. The van der Waals surface area contributed by atoms with Crippen LogP contribution in [0.2, 0.25) is 0 Å². The molecule has 0 amide bonds. The van der Waals surface area contributed by atoms with Crippen LogP contribution in [-0.4, -0.2) is 41.6 Å². The van der Waals surface area contributed by atoms with Crippen molar-refractivity contribution in [2.75, 3.05) is 11.4 Å². The highest BCUT2D eigenvalue weighted by atomic mass is 16.5. The first-order chi connectivity index (χ1) is 18.4. The number of ether oxygens (including phenoxy) is 2. The topological polar surface area (TPSA) is 63.2 Å². The molecule has 1 atom stereocenters. The predicted octanol–water partition coefficient (Wildman–Crippen LogP) is 6.67. The minimum Gasteiger partial charge on any atom is -0.462 e. The molecule has 1 spiro atoms. The summed E-state index contributed by atoms with van der Waals surface area (Å²) in [6.45, 7) is 13.5. The first kappa shape index (κ1) is 25.9. The van der Waals surface area contributed by atoms with Gasteiger partial charge in [-0.15, -0.1) is 0 Å². The molecule has 1 fully saturated rings. The lowest BCUT2D eigenvalue weighted by atomic mass is 9.77. The Hall–Kier alpha value is -3.38. The lowest BCUT2D eigenvalue weighted by Gasteiger charge is -2.46. The predicted molar refractivity (Wildman–Crippen MR) is 157 cm³/mol. The maximum absolute atomic E-state index is 13.2. The standard InChI is InChI=1S/C33H39N3O3/c1-30(2)19-23(20-31(3,4)35-30)38-28(37)17-18-36-26-14-10-9-13-25(26)32(5,6)33(36)21-34-29-24-12-8-7-11-22(24)15-16-27(29)39-33/h7-16,21,23,35H,17-20H2,1-6H3. The van der Waals surface area contributed by atoms with E-state index in [2.05, 4.69) is 88.2 Å². The third-order valence-corrected chi connectivity index (χ3v) is 8.65. The minimum absolute atomic E-state index is 0.0847. The number of esters is 1. The fraction of sp³-hybridized carbons (Fsp3) is 0.455. The Bertz CT molecular complexity index is 1460. The average Bonchev–Trinajstić information content (AvgIpc) is 3.03. The van der Waals surface area contributed by atoms with Gasteiger partial charge in [0, 0.05) is 41.5 Å². The molecule has 0 aliphatic carbocycles. The van der Waals surface area contributed by atoms with Crippen molar-refractivity contribution >= 4 is 34.3 Å². The second-order valence-corrected chi connectivity index (χ2v) is 13.1. The van der Waals surface area contributed by atoms with E-state index in [9.17, 15) is 4.79 Å². The number of fused-ring (bicyclic) bond motifs is 4. The summed E-state index contributed by atoms with van der Waals surface area (Å²) in [5.41, 5.74) is 1.64. The van der Waals surface area contributed by atoms with Crippen molar-refractivity contribution in [1.29, 1.82) is 0 Å². The molecule has 3 aliphatic heterocycles. The van der Waals surface area contributed by atoms with Crippen molar-refractivity contribution in [3.63, 3.8) is 0 Å². The van der Waals surface area contributed by atoms with Crippen LogP contribution in [-0.2, 0) is 14.9 Å². The Morgan fingerprint density at radius 3 is 2.44 bits per heavy atom. The average molecular weight is 526 g/mol. The molecule has 3 heterocycles. The Balaban J connectivity index is 1.29. The van der Waals surface area contributed by atoms with Crippen LogP contribution in [0, 0.1) is 0 Å². The Kier molecular flexibility index (Phi) is 5.85. The van der Waals surface area contributed by atoms with Gasteiger partial charge < -0.3 is 19.7 Å². The van der Waals surface area contributed by atoms with Gasteiger partial charge in [0.15, 0.2) is 0 Å². The number of nitrogens with zero attached hydrogens (tertiary/aromatic N) is 2. The van der Waals surface area contributed by atoms with E-state index in [1.807, 2.05) is 30.5 Å². The van der Waals surface area contributed by atoms with Crippen molar-refractivity contribution < 1.29 is 14.3 Å². The molecule has 6 rings (SSSR count). The van der Waals surface area contributed by atoms with E-state index in [0.29, 0.717) is 6.54 Å². The number of aliphatic imine (C=N–C) groups is 1. The van der Waals surface area contributed by atoms with Gasteiger partial charge in [-0.25, -0.2) is 0 Å². The second kappa shape index (κ2) is 8.82. The van der Waals surface area contributed by atoms with Crippen LogP contribution >= 0.6 is 0 Å². The van der Waals surface area contributed by atoms with Gasteiger partial charge >= 0.3 is 5.97 Å². The largest absolute Gasteiger partial charge is 0.462 e. The lowest BCUT2D eigenvalue weighted by Crippen LogP contribution is -2.62. The van der Waals surface area contributed by atoms with Crippen LogP contribution in [0.4, 0.5) is 11.4 Å². The maximum Gasteiger partial charge on any atom is 0.307 e. The summed E-state index contributed by atoms with van der Waals surface area (Å²) in [7, 11) is 0. The molecule has 1 saturated heterocycles. The number of carbonyl (C=O) groups is 1. The first-order valence-electron chi connectivity index (χ1n) is 14.0. The van der Waals surface area contributed by atoms with Crippen molar-refractivity contribution in [3.05, 3.63) is 66.2 Å². The molecule has 3 aliphatic rings. The fourth-order valence-electron chi connectivity index (χ4n) is 7.20. The number of piperidine rings is 1. The van der Waals surface area contributed by atoms with Gasteiger partial charge in [0.05, 0.1) is 18.1 Å². The Labute approximate surface area is 231 Å². The molecule has 1 unspecified atom stereocenters. The second-order valence-electron chi connectivity index (χ2n) is 13.1.